The molecule has 0 bridgehead atoms. The molecule has 0 aliphatic carbocycles. The number of nitrogens with zero attached hydrogens (tertiary/aromatic N) is 6. The molecule has 3 saturated heterocycles. The summed E-state index contributed by atoms with van der Waals surface area (Å²) < 4.78 is 82.9. The lowest BCUT2D eigenvalue weighted by Crippen LogP contribution is -2.34. The first-order chi connectivity index (χ1) is 47.7. The van der Waals surface area contributed by atoms with Crippen LogP contribution in [-0.4, -0.2) is 307 Å². The summed E-state index contributed by atoms with van der Waals surface area (Å²) >= 11 is 0. The van der Waals surface area contributed by atoms with Crippen LogP contribution < -0.4 is 9.47 Å². The highest BCUT2D eigenvalue weighted by Crippen LogP contribution is 2.17. The highest BCUT2D eigenvalue weighted by atomic mass is 16.5. The van der Waals surface area contributed by atoms with Crippen molar-refractivity contribution in [3.05, 3.63) is 59.7 Å². The zero-order valence-electron chi connectivity index (χ0n) is 60.9. The lowest BCUT2D eigenvalue weighted by Gasteiger charge is -2.24. The maximum Gasteiger partial charge on any atom is 0.118 e. The fourth-order valence-corrected chi connectivity index (χ4v) is 12.3. The minimum atomic E-state index is 0.612. The Hall–Kier alpha value is -2.68. The average Bonchev–Trinajstić information content (AvgIpc) is 2.33. The molecule has 0 atom stereocenters. The maximum atomic E-state index is 6.07. The minimum Gasteiger partial charge on any atom is -0.497 e. The molecule has 20 nitrogen and oxygen atoms in total. The monoisotopic (exact) mass is 1360 g/mol. The minimum absolute atomic E-state index is 0.612. The van der Waals surface area contributed by atoms with E-state index in [2.05, 4.69) is 53.7 Å². The first-order valence-electron chi connectivity index (χ1n) is 38.2. The Labute approximate surface area is 583 Å². The SMILES string of the molecule is COc1ccc(CN2CCOCCOCCN(CCCCCCCCCCCCN3CCOCCOCCN(CCCCCCCCCCCCN4CCOCCOCCN(Cc5ccc(OC)cc5)CCOCCOCC4)CCOCCOCC3)CCOCCOCC2)cc1. The van der Waals surface area contributed by atoms with Crippen molar-refractivity contribution >= 4 is 0 Å². The van der Waals surface area contributed by atoms with Crippen LogP contribution in [0, 0.1) is 0 Å². The Bertz CT molecular complexity index is 1780. The van der Waals surface area contributed by atoms with Crippen molar-refractivity contribution in [3.63, 3.8) is 0 Å². The molecule has 3 heterocycles. The van der Waals surface area contributed by atoms with E-state index in [4.69, 9.17) is 66.3 Å². The van der Waals surface area contributed by atoms with E-state index in [-0.39, 0.29) is 0 Å². The van der Waals surface area contributed by atoms with Gasteiger partial charge in [0.15, 0.2) is 0 Å². The molecule has 2 aromatic rings. The van der Waals surface area contributed by atoms with Crippen molar-refractivity contribution in [2.24, 2.45) is 0 Å². The summed E-state index contributed by atoms with van der Waals surface area (Å²) in [5.41, 5.74) is 2.50. The van der Waals surface area contributed by atoms with Crippen LogP contribution in [-0.2, 0) is 69.9 Å². The third-order valence-electron chi connectivity index (χ3n) is 18.4. The highest BCUT2D eigenvalue weighted by Gasteiger charge is 2.14. The third kappa shape index (κ3) is 47.4. The van der Waals surface area contributed by atoms with Crippen molar-refractivity contribution in [1.29, 1.82) is 0 Å². The Morgan fingerprint density at radius 2 is 0.365 bits per heavy atom. The smallest absolute Gasteiger partial charge is 0.118 e. The van der Waals surface area contributed by atoms with Crippen LogP contribution in [0.5, 0.6) is 11.5 Å². The molecule has 0 unspecified atom stereocenters. The summed E-state index contributed by atoms with van der Waals surface area (Å²) in [5.74, 6) is 1.75. The average molecular weight is 1360 g/mol. The molecule has 556 valence electrons. The molecule has 96 heavy (non-hydrogen) atoms. The van der Waals surface area contributed by atoms with Gasteiger partial charge in [0.05, 0.1) is 173 Å². The largest absolute Gasteiger partial charge is 0.497 e. The van der Waals surface area contributed by atoms with Crippen LogP contribution >= 0.6 is 0 Å². The van der Waals surface area contributed by atoms with Crippen molar-refractivity contribution < 1.29 is 66.3 Å². The molecule has 5 rings (SSSR count). The molecule has 0 radical (unpaired) electrons. The summed E-state index contributed by atoms with van der Waals surface area (Å²) in [6, 6.07) is 16.6. The van der Waals surface area contributed by atoms with Gasteiger partial charge in [0, 0.05) is 91.6 Å². The van der Waals surface area contributed by atoms with Gasteiger partial charge in [-0.1, -0.05) is 127 Å². The van der Waals surface area contributed by atoms with E-state index in [0.717, 1.165) is 182 Å². The Kier molecular flexibility index (Phi) is 54.3. The number of rotatable bonds is 32. The van der Waals surface area contributed by atoms with Gasteiger partial charge in [0.25, 0.3) is 0 Å². The zero-order valence-corrected chi connectivity index (χ0v) is 60.9. The molecule has 3 fully saturated rings. The predicted molar refractivity (Wildman–Crippen MR) is 384 cm³/mol. The van der Waals surface area contributed by atoms with E-state index < -0.39 is 0 Å². The highest BCUT2D eigenvalue weighted by molar-refractivity contribution is 5.28. The molecular weight excluding hydrogens is 1220 g/mol. The molecule has 2 aromatic carbocycles. The molecule has 3 aliphatic rings. The summed E-state index contributed by atoms with van der Waals surface area (Å²) in [6.07, 6.45) is 26.0. The van der Waals surface area contributed by atoms with Gasteiger partial charge in [-0.3, -0.25) is 29.4 Å². The lowest BCUT2D eigenvalue weighted by molar-refractivity contribution is 0.00699. The van der Waals surface area contributed by atoms with Crippen LogP contribution in [0.4, 0.5) is 0 Å². The van der Waals surface area contributed by atoms with Crippen LogP contribution in [0.2, 0.25) is 0 Å². The quantitative estimate of drug-likeness (QED) is 0.0639. The number of ether oxygens (including phenoxy) is 14. The molecule has 0 N–H and O–H groups in total. The molecule has 0 saturated carbocycles. The van der Waals surface area contributed by atoms with Gasteiger partial charge < -0.3 is 66.3 Å². The zero-order chi connectivity index (χ0) is 67.2. The first-order valence-corrected chi connectivity index (χ1v) is 38.2. The number of benzene rings is 2. The van der Waals surface area contributed by atoms with E-state index in [0.29, 0.717) is 106 Å². The van der Waals surface area contributed by atoms with E-state index in [9.17, 15) is 0 Å². The molecule has 0 amide bonds. The van der Waals surface area contributed by atoms with Crippen LogP contribution in [0.3, 0.4) is 0 Å². The number of hydrogen-bond donors (Lipinski definition) is 0. The number of hydrogen-bond acceptors (Lipinski definition) is 20. The predicted octanol–water partition coefficient (Wildman–Crippen LogP) is 10.3. The van der Waals surface area contributed by atoms with E-state index >= 15 is 0 Å². The van der Waals surface area contributed by atoms with Crippen molar-refractivity contribution in [2.45, 2.75) is 142 Å². The van der Waals surface area contributed by atoms with Crippen molar-refractivity contribution in [3.8, 4) is 11.5 Å². The van der Waals surface area contributed by atoms with Crippen molar-refractivity contribution in [1.82, 2.24) is 29.4 Å². The van der Waals surface area contributed by atoms with Gasteiger partial charge in [-0.15, -0.1) is 0 Å². The Balaban J connectivity index is 0.791. The normalized spacial score (nSPS) is 20.3. The molecule has 0 spiro atoms. The summed E-state index contributed by atoms with van der Waals surface area (Å²) in [5, 5.41) is 0. The van der Waals surface area contributed by atoms with Crippen LogP contribution in [0.15, 0.2) is 48.5 Å². The fraction of sp³-hybridized carbons (Fsp3) is 0.842. The fourth-order valence-electron chi connectivity index (χ4n) is 12.3. The summed E-state index contributed by atoms with van der Waals surface area (Å²) in [7, 11) is 3.40. The second-order valence-corrected chi connectivity index (χ2v) is 26.0. The molecule has 0 aromatic heterocycles. The lowest BCUT2D eigenvalue weighted by atomic mass is 10.1. The summed E-state index contributed by atoms with van der Waals surface area (Å²) in [4.78, 5) is 14.8. The van der Waals surface area contributed by atoms with E-state index in [1.165, 1.54) is 140 Å². The maximum absolute atomic E-state index is 6.07. The van der Waals surface area contributed by atoms with Gasteiger partial charge in [-0.25, -0.2) is 0 Å². The van der Waals surface area contributed by atoms with Gasteiger partial charge in [-0.2, -0.15) is 0 Å². The van der Waals surface area contributed by atoms with E-state index in [1.807, 2.05) is 24.3 Å². The van der Waals surface area contributed by atoms with Crippen LogP contribution in [0.25, 0.3) is 0 Å². The second kappa shape index (κ2) is 62.1. The summed E-state index contributed by atoms with van der Waals surface area (Å²) in [6.45, 7) is 32.8. The molecular formula is C76H138N6O14. The van der Waals surface area contributed by atoms with Gasteiger partial charge >= 0.3 is 0 Å². The molecule has 20 heteroatoms. The standard InChI is InChI=1S/C76H138N6O14/c1-83-75-27-23-73(24-28-75)71-81-43-55-93-67-63-89-51-39-79(40-52-90-64-68-94-56-44-81)33-21-17-13-9-5-3-7-11-15-19-31-77-35-47-85-59-61-87-49-37-78(38-50-88-62-60-86-48-36-77)32-20-16-12-8-4-6-10-14-18-22-34-80-41-53-91-65-69-95-57-45-82(46-58-96-70-66-92-54-42-80)72-74-25-29-76(84-2)30-26-74/h23-30H,3-22,31-72H2,1-2H3. The Morgan fingerprint density at radius 3 is 0.531 bits per heavy atom. The number of methoxy groups -OCH3 is 2. The van der Waals surface area contributed by atoms with Crippen molar-refractivity contribution in [2.75, 3.05) is 278 Å². The Morgan fingerprint density at radius 1 is 0.208 bits per heavy atom. The van der Waals surface area contributed by atoms with Gasteiger partial charge in [-0.05, 0) is 87.3 Å². The molecule has 3 aliphatic heterocycles. The first kappa shape index (κ1) is 84.0. The van der Waals surface area contributed by atoms with E-state index in [1.54, 1.807) is 14.2 Å². The van der Waals surface area contributed by atoms with Crippen LogP contribution in [0.1, 0.15) is 140 Å². The van der Waals surface area contributed by atoms with Gasteiger partial charge in [0.1, 0.15) is 11.5 Å². The topological polar surface area (TPSA) is 149 Å². The second-order valence-electron chi connectivity index (χ2n) is 26.0. The third-order valence-corrected chi connectivity index (χ3v) is 18.4. The number of unbranched alkanes of at least 4 members (excludes halogenated alkanes) is 18. The van der Waals surface area contributed by atoms with Gasteiger partial charge in [0.2, 0.25) is 0 Å².